The highest BCUT2D eigenvalue weighted by Crippen LogP contribution is 2.07. The van der Waals surface area contributed by atoms with E-state index in [4.69, 9.17) is 4.74 Å². The third-order valence-electron chi connectivity index (χ3n) is 2.66. The molecule has 1 heterocycles. The Bertz CT molecular complexity index is 551. The van der Waals surface area contributed by atoms with E-state index in [1.165, 1.54) is 24.0 Å². The van der Waals surface area contributed by atoms with Crippen molar-refractivity contribution < 1.29 is 17.9 Å². The fraction of sp³-hybridized carbons (Fsp3) is 0.667. The van der Waals surface area contributed by atoms with Gasteiger partial charge < -0.3 is 4.74 Å². The van der Waals surface area contributed by atoms with Gasteiger partial charge in [-0.15, -0.1) is 0 Å². The molecule has 20 heavy (non-hydrogen) atoms. The molecule has 0 aliphatic carbocycles. The van der Waals surface area contributed by atoms with Crippen molar-refractivity contribution >= 4 is 15.9 Å². The summed E-state index contributed by atoms with van der Waals surface area (Å²) in [4.78, 5) is 11.7. The molecular formula is C12H21N3O4S. The summed E-state index contributed by atoms with van der Waals surface area (Å²) in [6.45, 7) is 6.02. The maximum atomic E-state index is 11.9. The van der Waals surface area contributed by atoms with Gasteiger partial charge in [-0.1, -0.05) is 13.8 Å². The predicted octanol–water partition coefficient (Wildman–Crippen LogP) is 0.676. The molecule has 0 saturated heterocycles. The van der Waals surface area contributed by atoms with Gasteiger partial charge in [0.1, 0.15) is 11.0 Å². The topological polar surface area (TPSA) is 90.3 Å². The van der Waals surface area contributed by atoms with E-state index in [2.05, 4.69) is 5.10 Å². The van der Waals surface area contributed by atoms with Crippen molar-refractivity contribution in [2.45, 2.75) is 38.2 Å². The molecule has 1 atom stereocenters. The van der Waals surface area contributed by atoms with Crippen molar-refractivity contribution in [3.8, 4) is 0 Å². The van der Waals surface area contributed by atoms with E-state index >= 15 is 0 Å². The second-order valence-electron chi connectivity index (χ2n) is 5.01. The molecule has 0 aliphatic rings. The van der Waals surface area contributed by atoms with Crippen LogP contribution in [0, 0.1) is 5.92 Å². The van der Waals surface area contributed by atoms with Gasteiger partial charge in [-0.3, -0.25) is 9.48 Å². The number of rotatable bonds is 7. The number of aromatic nitrogens is 2. The predicted molar refractivity (Wildman–Crippen MR) is 73.4 cm³/mol. The van der Waals surface area contributed by atoms with Crippen LogP contribution < -0.4 is 4.72 Å². The Labute approximate surface area is 119 Å². The van der Waals surface area contributed by atoms with Crippen LogP contribution in [0.5, 0.6) is 0 Å². The number of aryl methyl sites for hydroxylation is 1. The van der Waals surface area contributed by atoms with E-state index in [0.29, 0.717) is 12.5 Å². The number of carbonyl (C=O) groups is 1. The first-order valence-electron chi connectivity index (χ1n) is 6.39. The van der Waals surface area contributed by atoms with Gasteiger partial charge in [0.15, 0.2) is 0 Å². The summed E-state index contributed by atoms with van der Waals surface area (Å²) in [5, 5.41) is 3.76. The number of hydrogen-bond acceptors (Lipinski definition) is 5. The third kappa shape index (κ3) is 4.93. The van der Waals surface area contributed by atoms with Crippen LogP contribution in [0.2, 0.25) is 0 Å². The second-order valence-corrected chi connectivity index (χ2v) is 6.70. The molecule has 0 spiro atoms. The second kappa shape index (κ2) is 6.85. The van der Waals surface area contributed by atoms with Crippen molar-refractivity contribution in [1.82, 2.24) is 14.5 Å². The standard InChI is InChI=1S/C12H21N3O4S/c1-9(2)5-6-19-10(3)12(16)14-20(17,18)11-7-13-15(4)8-11/h7-10H,5-6H2,1-4H3,(H,14,16). The zero-order valence-corrected chi connectivity index (χ0v) is 13.0. The van der Waals surface area contributed by atoms with Crippen molar-refractivity contribution in [3.63, 3.8) is 0 Å². The minimum atomic E-state index is -3.89. The average molecular weight is 303 g/mol. The number of amides is 1. The SMILES string of the molecule is CC(C)CCOC(C)C(=O)NS(=O)(=O)c1cnn(C)c1. The molecule has 1 unspecified atom stereocenters. The minimum Gasteiger partial charge on any atom is -0.369 e. The van der Waals surface area contributed by atoms with Crippen molar-refractivity contribution in [2.75, 3.05) is 6.61 Å². The van der Waals surface area contributed by atoms with Gasteiger partial charge in [-0.25, -0.2) is 13.1 Å². The van der Waals surface area contributed by atoms with Crippen LogP contribution in [0.15, 0.2) is 17.3 Å². The van der Waals surface area contributed by atoms with Crippen LogP contribution in [0.1, 0.15) is 27.2 Å². The van der Waals surface area contributed by atoms with Gasteiger partial charge in [0.2, 0.25) is 0 Å². The molecule has 7 nitrogen and oxygen atoms in total. The fourth-order valence-corrected chi connectivity index (χ4v) is 2.39. The smallest absolute Gasteiger partial charge is 0.267 e. The molecule has 0 radical (unpaired) electrons. The van der Waals surface area contributed by atoms with E-state index < -0.39 is 22.0 Å². The molecule has 0 saturated carbocycles. The summed E-state index contributed by atoms with van der Waals surface area (Å²) >= 11 is 0. The first-order chi connectivity index (χ1) is 9.22. The minimum absolute atomic E-state index is 0.0530. The highest BCUT2D eigenvalue weighted by atomic mass is 32.2. The van der Waals surface area contributed by atoms with Gasteiger partial charge in [-0.2, -0.15) is 5.10 Å². The third-order valence-corrected chi connectivity index (χ3v) is 3.96. The molecule has 1 amide bonds. The molecule has 1 rings (SSSR count). The summed E-state index contributed by atoms with van der Waals surface area (Å²) in [6.07, 6.45) is 2.49. The Hall–Kier alpha value is -1.41. The van der Waals surface area contributed by atoms with E-state index in [1.54, 1.807) is 7.05 Å². The summed E-state index contributed by atoms with van der Waals surface area (Å²) in [6, 6.07) is 0. The Kier molecular flexibility index (Phi) is 5.70. The first-order valence-corrected chi connectivity index (χ1v) is 7.87. The number of ether oxygens (including phenoxy) is 1. The van der Waals surface area contributed by atoms with Crippen LogP contribution in [0.3, 0.4) is 0 Å². The van der Waals surface area contributed by atoms with Crippen molar-refractivity contribution in [3.05, 3.63) is 12.4 Å². The van der Waals surface area contributed by atoms with E-state index in [9.17, 15) is 13.2 Å². The Morgan fingerprint density at radius 3 is 2.60 bits per heavy atom. The Morgan fingerprint density at radius 2 is 2.10 bits per heavy atom. The number of sulfonamides is 1. The lowest BCUT2D eigenvalue weighted by atomic mass is 10.1. The van der Waals surface area contributed by atoms with Gasteiger partial charge in [0.05, 0.1) is 6.20 Å². The van der Waals surface area contributed by atoms with E-state index in [1.807, 2.05) is 18.6 Å². The van der Waals surface area contributed by atoms with Gasteiger partial charge in [0.25, 0.3) is 15.9 Å². The van der Waals surface area contributed by atoms with Crippen LogP contribution >= 0.6 is 0 Å². The molecule has 0 aliphatic heterocycles. The molecular weight excluding hydrogens is 282 g/mol. The zero-order chi connectivity index (χ0) is 15.3. The van der Waals surface area contributed by atoms with Crippen molar-refractivity contribution in [2.24, 2.45) is 13.0 Å². The molecule has 1 aromatic rings. The normalized spacial score (nSPS) is 13.4. The van der Waals surface area contributed by atoms with Gasteiger partial charge in [0, 0.05) is 19.9 Å². The summed E-state index contributed by atoms with van der Waals surface area (Å²) in [5.74, 6) is -0.220. The van der Waals surface area contributed by atoms with Gasteiger partial charge in [-0.05, 0) is 19.3 Å². The summed E-state index contributed by atoms with van der Waals surface area (Å²) in [7, 11) is -2.29. The van der Waals surface area contributed by atoms with E-state index in [0.717, 1.165) is 6.42 Å². The molecule has 1 N–H and O–H groups in total. The van der Waals surface area contributed by atoms with Crippen LogP contribution in [0.4, 0.5) is 0 Å². The molecule has 0 bridgehead atoms. The highest BCUT2D eigenvalue weighted by molar-refractivity contribution is 7.90. The van der Waals surface area contributed by atoms with Crippen molar-refractivity contribution in [1.29, 1.82) is 0 Å². The van der Waals surface area contributed by atoms with Crippen LogP contribution in [-0.4, -0.2) is 36.8 Å². The highest BCUT2D eigenvalue weighted by Gasteiger charge is 2.23. The quantitative estimate of drug-likeness (QED) is 0.800. The maximum absolute atomic E-state index is 11.9. The largest absolute Gasteiger partial charge is 0.369 e. The molecule has 1 aromatic heterocycles. The number of nitrogens with one attached hydrogen (secondary N) is 1. The molecule has 0 aromatic carbocycles. The molecule has 8 heteroatoms. The number of hydrogen-bond donors (Lipinski definition) is 1. The summed E-state index contributed by atoms with van der Waals surface area (Å²) < 4.78 is 32.4. The maximum Gasteiger partial charge on any atom is 0.267 e. The molecule has 114 valence electrons. The lowest BCUT2D eigenvalue weighted by Gasteiger charge is -2.13. The Balaban J connectivity index is 2.56. The van der Waals surface area contributed by atoms with Gasteiger partial charge >= 0.3 is 0 Å². The Morgan fingerprint density at radius 1 is 1.45 bits per heavy atom. The fourth-order valence-electron chi connectivity index (χ4n) is 1.37. The zero-order valence-electron chi connectivity index (χ0n) is 12.2. The lowest BCUT2D eigenvalue weighted by Crippen LogP contribution is -2.38. The first kappa shape index (κ1) is 16.6. The number of nitrogens with zero attached hydrogens (tertiary/aromatic N) is 2. The van der Waals surface area contributed by atoms with Crippen LogP contribution in [-0.2, 0) is 26.6 Å². The molecule has 0 fully saturated rings. The lowest BCUT2D eigenvalue weighted by molar-refractivity contribution is -0.130. The van der Waals surface area contributed by atoms with Crippen LogP contribution in [0.25, 0.3) is 0 Å². The van der Waals surface area contributed by atoms with E-state index in [-0.39, 0.29) is 4.90 Å². The number of carbonyl (C=O) groups excluding carboxylic acids is 1. The monoisotopic (exact) mass is 303 g/mol. The summed E-state index contributed by atoms with van der Waals surface area (Å²) in [5.41, 5.74) is 0. The average Bonchev–Trinajstić information content (AvgIpc) is 2.75.